The molecular weight excluding hydrogens is 478 g/mol. The molecule has 31 heavy (non-hydrogen) atoms. The Morgan fingerprint density at radius 2 is 1.81 bits per heavy atom. The van der Waals surface area contributed by atoms with Gasteiger partial charge in [-0.25, -0.2) is 4.79 Å². The first-order valence-corrected chi connectivity index (χ1v) is 12.0. The molecule has 4 rings (SSSR count). The van der Waals surface area contributed by atoms with E-state index in [9.17, 15) is 9.59 Å². The minimum absolute atomic E-state index is 0.0988. The molecule has 2 aliphatic rings. The summed E-state index contributed by atoms with van der Waals surface area (Å²) in [5.41, 5.74) is 2.22. The van der Waals surface area contributed by atoms with Crippen LogP contribution >= 0.6 is 27.5 Å². The van der Waals surface area contributed by atoms with Gasteiger partial charge >= 0.3 is 6.03 Å². The predicted molar refractivity (Wildman–Crippen MR) is 126 cm³/mol. The third-order valence-corrected chi connectivity index (χ3v) is 7.19. The number of urea groups is 1. The number of halogens is 2. The number of likely N-dealkylation sites (tertiary alicyclic amines) is 1. The lowest BCUT2D eigenvalue weighted by atomic mass is 9.90. The van der Waals surface area contributed by atoms with Crippen LogP contribution in [0.15, 0.2) is 53.0 Å². The third kappa shape index (κ3) is 5.88. The standard InChI is InChI=1S/C24H27BrClN3O2/c25-22-7-6-20(26)13-19(22)12-17-8-10-28(11-9-17)16-21-14-23(30)29(24(31)27-21)15-18-4-2-1-3-5-18/h1-7,13,17,21H,8-12,14-16H2,(H,27,31). The van der Waals surface area contributed by atoms with Gasteiger partial charge in [-0.2, -0.15) is 0 Å². The van der Waals surface area contributed by atoms with Crippen LogP contribution < -0.4 is 5.32 Å². The molecule has 0 radical (unpaired) electrons. The van der Waals surface area contributed by atoms with E-state index < -0.39 is 0 Å². The summed E-state index contributed by atoms with van der Waals surface area (Å²) in [5.74, 6) is 0.522. The van der Waals surface area contributed by atoms with Crippen molar-refractivity contribution >= 4 is 39.5 Å². The van der Waals surface area contributed by atoms with Crippen molar-refractivity contribution in [3.8, 4) is 0 Å². The molecule has 2 fully saturated rings. The van der Waals surface area contributed by atoms with Crippen LogP contribution in [0.25, 0.3) is 0 Å². The van der Waals surface area contributed by atoms with Crippen molar-refractivity contribution < 1.29 is 9.59 Å². The molecule has 0 aliphatic carbocycles. The van der Waals surface area contributed by atoms with E-state index in [1.807, 2.05) is 48.5 Å². The summed E-state index contributed by atoms with van der Waals surface area (Å²) in [7, 11) is 0. The molecule has 1 unspecified atom stereocenters. The number of piperidine rings is 1. The number of imide groups is 1. The van der Waals surface area contributed by atoms with Gasteiger partial charge in [-0.15, -0.1) is 0 Å². The maximum absolute atomic E-state index is 12.6. The van der Waals surface area contributed by atoms with Crippen LogP contribution in [0.2, 0.25) is 5.02 Å². The first-order valence-electron chi connectivity index (χ1n) is 10.8. The second-order valence-corrected chi connectivity index (χ2v) is 9.79. The lowest BCUT2D eigenvalue weighted by Crippen LogP contribution is -2.57. The van der Waals surface area contributed by atoms with Gasteiger partial charge < -0.3 is 10.2 Å². The van der Waals surface area contributed by atoms with E-state index in [1.165, 1.54) is 10.5 Å². The molecule has 0 bridgehead atoms. The van der Waals surface area contributed by atoms with Crippen molar-refractivity contribution in [3.63, 3.8) is 0 Å². The van der Waals surface area contributed by atoms with Crippen LogP contribution in [0.5, 0.6) is 0 Å². The first kappa shape index (κ1) is 22.3. The van der Waals surface area contributed by atoms with E-state index in [0.717, 1.165) is 54.0 Å². The zero-order valence-corrected chi connectivity index (χ0v) is 19.7. The number of benzene rings is 2. The van der Waals surface area contributed by atoms with Gasteiger partial charge in [0.1, 0.15) is 0 Å². The highest BCUT2D eigenvalue weighted by Crippen LogP contribution is 2.28. The molecule has 2 aliphatic heterocycles. The van der Waals surface area contributed by atoms with Gasteiger partial charge in [0.2, 0.25) is 5.91 Å². The van der Waals surface area contributed by atoms with Gasteiger partial charge in [-0.1, -0.05) is 57.9 Å². The zero-order valence-electron chi connectivity index (χ0n) is 17.4. The van der Waals surface area contributed by atoms with Gasteiger partial charge in [0.25, 0.3) is 0 Å². The normalized spacial score (nSPS) is 20.7. The van der Waals surface area contributed by atoms with Gasteiger partial charge in [0.15, 0.2) is 0 Å². The lowest BCUT2D eigenvalue weighted by molar-refractivity contribution is -0.130. The summed E-state index contributed by atoms with van der Waals surface area (Å²) >= 11 is 9.78. The molecule has 0 aromatic heterocycles. The topological polar surface area (TPSA) is 52.7 Å². The van der Waals surface area contributed by atoms with E-state index in [1.54, 1.807) is 0 Å². The number of amides is 3. The monoisotopic (exact) mass is 503 g/mol. The fourth-order valence-electron chi connectivity index (χ4n) is 4.47. The maximum atomic E-state index is 12.6. The van der Waals surface area contributed by atoms with Crippen LogP contribution in [-0.2, 0) is 17.8 Å². The number of hydrogen-bond acceptors (Lipinski definition) is 3. The van der Waals surface area contributed by atoms with Crippen molar-refractivity contribution in [2.45, 2.75) is 38.3 Å². The third-order valence-electron chi connectivity index (χ3n) is 6.18. The van der Waals surface area contributed by atoms with Gasteiger partial charge in [-0.05, 0) is 67.6 Å². The Morgan fingerprint density at radius 3 is 2.52 bits per heavy atom. The van der Waals surface area contributed by atoms with Crippen molar-refractivity contribution in [1.29, 1.82) is 0 Å². The Bertz CT molecular complexity index is 914. The molecule has 0 saturated carbocycles. The average Bonchev–Trinajstić information content (AvgIpc) is 2.75. The van der Waals surface area contributed by atoms with Crippen molar-refractivity contribution in [3.05, 3.63) is 69.2 Å². The second kappa shape index (κ2) is 10.2. The fraction of sp³-hybridized carbons (Fsp3) is 0.417. The smallest absolute Gasteiger partial charge is 0.324 e. The Hall–Kier alpha value is -1.89. The van der Waals surface area contributed by atoms with Gasteiger partial charge in [0.05, 0.1) is 12.6 Å². The molecule has 2 aromatic carbocycles. The van der Waals surface area contributed by atoms with Gasteiger partial charge in [-0.3, -0.25) is 9.69 Å². The number of hydrogen-bond donors (Lipinski definition) is 1. The summed E-state index contributed by atoms with van der Waals surface area (Å²) in [4.78, 5) is 28.8. The summed E-state index contributed by atoms with van der Waals surface area (Å²) in [6.45, 7) is 3.02. The molecule has 2 aromatic rings. The minimum Gasteiger partial charge on any atom is -0.333 e. The number of carbonyl (C=O) groups is 2. The maximum Gasteiger partial charge on any atom is 0.324 e. The summed E-state index contributed by atoms with van der Waals surface area (Å²) in [6.07, 6.45) is 3.58. The van der Waals surface area contributed by atoms with E-state index in [4.69, 9.17) is 11.6 Å². The highest BCUT2D eigenvalue weighted by atomic mass is 79.9. The molecular formula is C24H27BrClN3O2. The molecule has 3 amide bonds. The molecule has 7 heteroatoms. The number of rotatable bonds is 6. The van der Waals surface area contributed by atoms with Crippen molar-refractivity contribution in [1.82, 2.24) is 15.1 Å². The van der Waals surface area contributed by atoms with Gasteiger partial charge in [0, 0.05) is 22.5 Å². The average molecular weight is 505 g/mol. The van der Waals surface area contributed by atoms with Crippen molar-refractivity contribution in [2.24, 2.45) is 5.92 Å². The summed E-state index contributed by atoms with van der Waals surface area (Å²) in [6, 6.07) is 15.2. The van der Waals surface area contributed by atoms with E-state index >= 15 is 0 Å². The molecule has 164 valence electrons. The molecule has 2 saturated heterocycles. The van der Waals surface area contributed by atoms with Crippen LogP contribution in [0.4, 0.5) is 4.79 Å². The largest absolute Gasteiger partial charge is 0.333 e. The van der Waals surface area contributed by atoms with Crippen LogP contribution in [0.1, 0.15) is 30.4 Å². The molecule has 1 atom stereocenters. The Kier molecular flexibility index (Phi) is 7.31. The first-order chi connectivity index (χ1) is 15.0. The molecule has 5 nitrogen and oxygen atoms in total. The highest BCUT2D eigenvalue weighted by Gasteiger charge is 2.33. The lowest BCUT2D eigenvalue weighted by Gasteiger charge is -2.37. The number of carbonyl (C=O) groups excluding carboxylic acids is 2. The quantitative estimate of drug-likeness (QED) is 0.611. The molecule has 0 spiro atoms. The fourth-order valence-corrected chi connectivity index (χ4v) is 5.07. The molecule has 1 N–H and O–H groups in total. The Morgan fingerprint density at radius 1 is 1.06 bits per heavy atom. The van der Waals surface area contributed by atoms with Crippen LogP contribution in [-0.4, -0.2) is 47.4 Å². The number of nitrogens with zero attached hydrogens (tertiary/aromatic N) is 2. The summed E-state index contributed by atoms with van der Waals surface area (Å²) in [5, 5.41) is 3.81. The van der Waals surface area contributed by atoms with Crippen LogP contribution in [0.3, 0.4) is 0 Å². The Labute approximate surface area is 196 Å². The Balaban J connectivity index is 1.25. The SMILES string of the molecule is O=C1CC(CN2CCC(Cc3cc(Cl)ccc3Br)CC2)NC(=O)N1Cc1ccccc1. The number of nitrogens with one attached hydrogen (secondary N) is 1. The van der Waals surface area contributed by atoms with E-state index in [0.29, 0.717) is 18.9 Å². The van der Waals surface area contributed by atoms with Crippen LogP contribution in [0, 0.1) is 5.92 Å². The van der Waals surface area contributed by atoms with E-state index in [2.05, 4.69) is 26.1 Å². The zero-order chi connectivity index (χ0) is 21.8. The predicted octanol–water partition coefficient (Wildman–Crippen LogP) is 4.87. The van der Waals surface area contributed by atoms with Crippen molar-refractivity contribution in [2.75, 3.05) is 19.6 Å². The molecule has 2 heterocycles. The highest BCUT2D eigenvalue weighted by molar-refractivity contribution is 9.10. The van der Waals surface area contributed by atoms with E-state index in [-0.39, 0.29) is 18.0 Å². The summed E-state index contributed by atoms with van der Waals surface area (Å²) < 4.78 is 1.11. The second-order valence-electron chi connectivity index (χ2n) is 8.50. The minimum atomic E-state index is -0.286.